The first kappa shape index (κ1) is 17.5. The van der Waals surface area contributed by atoms with E-state index in [4.69, 9.17) is 13.9 Å². The van der Waals surface area contributed by atoms with E-state index in [0.717, 1.165) is 11.0 Å². The van der Waals surface area contributed by atoms with Gasteiger partial charge < -0.3 is 19.2 Å². The number of ether oxygens (including phenoxy) is 2. The lowest BCUT2D eigenvalue weighted by molar-refractivity contribution is -0.125. The summed E-state index contributed by atoms with van der Waals surface area (Å²) in [6, 6.07) is 15.6. The van der Waals surface area contributed by atoms with Crippen molar-refractivity contribution in [2.75, 3.05) is 13.7 Å². The molecule has 0 aliphatic rings. The van der Waals surface area contributed by atoms with Crippen LogP contribution in [0.1, 0.15) is 29.1 Å². The van der Waals surface area contributed by atoms with Crippen molar-refractivity contribution in [1.82, 2.24) is 5.32 Å². The molecule has 6 nitrogen and oxygen atoms in total. The highest BCUT2D eigenvalue weighted by Crippen LogP contribution is 2.23. The largest absolute Gasteiger partial charge is 0.497 e. The number of rotatable bonds is 6. The number of hydrogen-bond donors (Lipinski definition) is 1. The molecule has 26 heavy (non-hydrogen) atoms. The number of benzene rings is 2. The number of carbonyl (C=O) groups is 2. The Labute approximate surface area is 150 Å². The minimum atomic E-state index is -0.570. The number of para-hydroxylation sites is 1. The first-order valence-electron chi connectivity index (χ1n) is 8.16. The van der Waals surface area contributed by atoms with Crippen LogP contribution in [-0.2, 0) is 9.53 Å². The predicted octanol–water partition coefficient (Wildman–Crippen LogP) is 3.48. The van der Waals surface area contributed by atoms with E-state index in [1.165, 1.54) is 0 Å². The van der Waals surface area contributed by atoms with Crippen LogP contribution in [0.2, 0.25) is 0 Å². The van der Waals surface area contributed by atoms with Crippen LogP contribution in [0.5, 0.6) is 5.75 Å². The molecule has 0 bridgehead atoms. The molecule has 1 N–H and O–H groups in total. The second-order valence-electron chi connectivity index (χ2n) is 5.78. The van der Waals surface area contributed by atoms with Gasteiger partial charge in [0.2, 0.25) is 0 Å². The number of hydrogen-bond acceptors (Lipinski definition) is 5. The molecule has 0 spiro atoms. The monoisotopic (exact) mass is 353 g/mol. The third kappa shape index (κ3) is 4.03. The van der Waals surface area contributed by atoms with Gasteiger partial charge in [0.05, 0.1) is 18.7 Å². The lowest BCUT2D eigenvalue weighted by atomic mass is 10.2. The fourth-order valence-corrected chi connectivity index (χ4v) is 2.51. The highest BCUT2D eigenvalue weighted by atomic mass is 16.5. The zero-order valence-electron chi connectivity index (χ0n) is 14.5. The Hall–Kier alpha value is -3.28. The normalized spacial score (nSPS) is 11.8. The summed E-state index contributed by atoms with van der Waals surface area (Å²) in [5, 5.41) is 3.72. The minimum Gasteiger partial charge on any atom is -0.497 e. The van der Waals surface area contributed by atoms with E-state index in [0.29, 0.717) is 17.1 Å². The Morgan fingerprint density at radius 1 is 1.12 bits per heavy atom. The van der Waals surface area contributed by atoms with Crippen LogP contribution in [0.25, 0.3) is 11.0 Å². The smallest absolute Gasteiger partial charge is 0.338 e. The molecule has 134 valence electrons. The summed E-state index contributed by atoms with van der Waals surface area (Å²) in [6.07, 6.45) is 0. The van der Waals surface area contributed by atoms with Gasteiger partial charge in [-0.05, 0) is 43.3 Å². The van der Waals surface area contributed by atoms with Crippen molar-refractivity contribution in [3.05, 3.63) is 65.9 Å². The Morgan fingerprint density at radius 2 is 1.85 bits per heavy atom. The maximum atomic E-state index is 12.0. The van der Waals surface area contributed by atoms with Crippen LogP contribution >= 0.6 is 0 Å². The third-order valence-corrected chi connectivity index (χ3v) is 3.91. The summed E-state index contributed by atoms with van der Waals surface area (Å²) in [5.41, 5.74) is 1.11. The van der Waals surface area contributed by atoms with Gasteiger partial charge in [-0.25, -0.2) is 4.79 Å². The van der Waals surface area contributed by atoms with Crippen LogP contribution in [0, 0.1) is 0 Å². The average Bonchev–Trinajstić information content (AvgIpc) is 3.10. The summed E-state index contributed by atoms with van der Waals surface area (Å²) in [5.74, 6) is 0.305. The molecule has 1 atom stereocenters. The standard InChI is InChI=1S/C20H19NO5/c1-13(18-11-15-5-3-4-6-17(15)26-18)21-19(22)12-25-20(23)14-7-9-16(24-2)10-8-14/h3-11,13H,12H2,1-2H3,(H,21,22)/t13-/m0/s1. The van der Waals surface area contributed by atoms with Crippen LogP contribution in [0.15, 0.2) is 59.0 Å². The molecule has 0 radical (unpaired) electrons. The summed E-state index contributed by atoms with van der Waals surface area (Å²) < 4.78 is 15.8. The van der Waals surface area contributed by atoms with Gasteiger partial charge in [0.15, 0.2) is 6.61 Å². The first-order valence-corrected chi connectivity index (χ1v) is 8.16. The van der Waals surface area contributed by atoms with Crippen molar-refractivity contribution in [1.29, 1.82) is 0 Å². The van der Waals surface area contributed by atoms with Gasteiger partial charge in [0.25, 0.3) is 5.91 Å². The van der Waals surface area contributed by atoms with E-state index >= 15 is 0 Å². The first-order chi connectivity index (χ1) is 12.6. The van der Waals surface area contributed by atoms with Gasteiger partial charge in [-0.15, -0.1) is 0 Å². The topological polar surface area (TPSA) is 77.8 Å². The van der Waals surface area contributed by atoms with Crippen molar-refractivity contribution in [3.8, 4) is 5.75 Å². The Kier molecular flexibility index (Phi) is 5.22. The fourth-order valence-electron chi connectivity index (χ4n) is 2.51. The van der Waals surface area contributed by atoms with E-state index in [1.54, 1.807) is 38.3 Å². The molecule has 1 aromatic heterocycles. The molecule has 0 saturated carbocycles. The molecule has 0 aliphatic carbocycles. The van der Waals surface area contributed by atoms with Gasteiger partial charge in [-0.1, -0.05) is 18.2 Å². The van der Waals surface area contributed by atoms with Crippen LogP contribution in [-0.4, -0.2) is 25.6 Å². The summed E-state index contributed by atoms with van der Waals surface area (Å²) >= 11 is 0. The lowest BCUT2D eigenvalue weighted by Gasteiger charge is -2.11. The molecule has 3 rings (SSSR count). The van der Waals surface area contributed by atoms with Crippen LogP contribution in [0.4, 0.5) is 0 Å². The summed E-state index contributed by atoms with van der Waals surface area (Å²) in [7, 11) is 1.54. The van der Waals surface area contributed by atoms with Crippen molar-refractivity contribution in [3.63, 3.8) is 0 Å². The number of amides is 1. The van der Waals surface area contributed by atoms with Gasteiger partial charge in [-0.3, -0.25) is 4.79 Å². The van der Waals surface area contributed by atoms with Crippen LogP contribution < -0.4 is 10.1 Å². The molecule has 0 saturated heterocycles. The van der Waals surface area contributed by atoms with E-state index in [2.05, 4.69) is 5.32 Å². The molecular formula is C20H19NO5. The number of methoxy groups -OCH3 is 1. The van der Waals surface area contributed by atoms with Crippen molar-refractivity contribution in [2.24, 2.45) is 0 Å². The predicted molar refractivity (Wildman–Crippen MR) is 96.0 cm³/mol. The van der Waals surface area contributed by atoms with Crippen molar-refractivity contribution in [2.45, 2.75) is 13.0 Å². The average molecular weight is 353 g/mol. The Balaban J connectivity index is 1.53. The molecule has 0 aliphatic heterocycles. The number of esters is 1. The molecule has 3 aromatic rings. The number of fused-ring (bicyclic) bond motifs is 1. The van der Waals surface area contributed by atoms with Gasteiger partial charge in [0, 0.05) is 5.39 Å². The molecule has 1 amide bonds. The molecule has 1 heterocycles. The van der Waals surface area contributed by atoms with Gasteiger partial charge in [0.1, 0.15) is 17.1 Å². The number of furan rings is 1. The van der Waals surface area contributed by atoms with E-state index in [-0.39, 0.29) is 12.6 Å². The second kappa shape index (κ2) is 7.74. The molecule has 2 aromatic carbocycles. The quantitative estimate of drug-likeness (QED) is 0.687. The summed E-state index contributed by atoms with van der Waals surface area (Å²) in [4.78, 5) is 24.0. The second-order valence-corrected chi connectivity index (χ2v) is 5.78. The SMILES string of the molecule is COc1ccc(C(=O)OCC(=O)N[C@@H](C)c2cc3ccccc3o2)cc1. The van der Waals surface area contributed by atoms with Gasteiger partial charge >= 0.3 is 5.97 Å². The summed E-state index contributed by atoms with van der Waals surface area (Å²) in [6.45, 7) is 1.44. The minimum absolute atomic E-state index is 0.338. The molecule has 0 unspecified atom stereocenters. The number of nitrogens with one attached hydrogen (secondary N) is 1. The maximum absolute atomic E-state index is 12.0. The maximum Gasteiger partial charge on any atom is 0.338 e. The Bertz CT molecular complexity index is 880. The van der Waals surface area contributed by atoms with E-state index in [9.17, 15) is 9.59 Å². The fraction of sp³-hybridized carbons (Fsp3) is 0.200. The van der Waals surface area contributed by atoms with E-state index < -0.39 is 11.9 Å². The zero-order valence-corrected chi connectivity index (χ0v) is 14.5. The third-order valence-electron chi connectivity index (χ3n) is 3.91. The molecule has 6 heteroatoms. The van der Waals surface area contributed by atoms with Crippen LogP contribution in [0.3, 0.4) is 0 Å². The van der Waals surface area contributed by atoms with Gasteiger partial charge in [-0.2, -0.15) is 0 Å². The molecular weight excluding hydrogens is 334 g/mol. The molecule has 0 fully saturated rings. The van der Waals surface area contributed by atoms with E-state index in [1.807, 2.05) is 30.3 Å². The van der Waals surface area contributed by atoms with Crippen molar-refractivity contribution >= 4 is 22.8 Å². The lowest BCUT2D eigenvalue weighted by Crippen LogP contribution is -2.30. The highest BCUT2D eigenvalue weighted by Gasteiger charge is 2.16. The Morgan fingerprint density at radius 3 is 2.54 bits per heavy atom. The number of carbonyl (C=O) groups excluding carboxylic acids is 2. The highest BCUT2D eigenvalue weighted by molar-refractivity contribution is 5.91. The zero-order chi connectivity index (χ0) is 18.5. The van der Waals surface area contributed by atoms with Crippen molar-refractivity contribution < 1.29 is 23.5 Å².